The molecule has 174 valence electrons. The van der Waals surface area contributed by atoms with Crippen LogP contribution in [0.15, 0.2) is 10.5 Å². The van der Waals surface area contributed by atoms with Crippen LogP contribution in [-0.2, 0) is 17.6 Å². The third-order valence-corrected chi connectivity index (χ3v) is 9.24. The van der Waals surface area contributed by atoms with Crippen LogP contribution in [0.5, 0.6) is 0 Å². The van der Waals surface area contributed by atoms with Crippen LogP contribution >= 0.6 is 34.4 Å². The molecule has 4 rings (SSSR count). The Morgan fingerprint density at radius 2 is 2.00 bits per heavy atom. The van der Waals surface area contributed by atoms with E-state index in [0.717, 1.165) is 47.8 Å². The minimum Gasteiger partial charge on any atom is -0.316 e. The summed E-state index contributed by atoms with van der Waals surface area (Å²) < 4.78 is 2.10. The van der Waals surface area contributed by atoms with Gasteiger partial charge in [0.25, 0.3) is 0 Å². The van der Waals surface area contributed by atoms with E-state index in [9.17, 15) is 10.1 Å². The molecule has 0 unspecified atom stereocenters. The number of nitriles is 1. The Kier molecular flexibility index (Phi) is 7.57. The van der Waals surface area contributed by atoms with Crippen molar-refractivity contribution < 1.29 is 4.79 Å². The molecular weight excluding hydrogens is 470 g/mol. The normalized spacial score (nSPS) is 13.9. The van der Waals surface area contributed by atoms with Crippen LogP contribution in [0.1, 0.15) is 72.0 Å². The number of aromatic nitrogens is 3. The molecule has 1 amide bonds. The number of anilines is 1. The maximum atomic E-state index is 12.8. The molecule has 6 nitrogen and oxygen atoms in total. The molecule has 0 atom stereocenters. The zero-order valence-corrected chi connectivity index (χ0v) is 22.0. The number of carbonyl (C=O) groups excluding carboxylic acids is 1. The van der Waals surface area contributed by atoms with Crippen LogP contribution in [0.3, 0.4) is 0 Å². The van der Waals surface area contributed by atoms with Gasteiger partial charge in [0.1, 0.15) is 11.1 Å². The average molecular weight is 500 g/mol. The number of thiophene rings is 2. The fourth-order valence-electron chi connectivity index (χ4n) is 4.18. The molecule has 0 radical (unpaired) electrons. The number of nitrogens with one attached hydrogen (secondary N) is 1. The first-order valence-electron chi connectivity index (χ1n) is 11.4. The minimum atomic E-state index is -0.117. The van der Waals surface area contributed by atoms with Gasteiger partial charge in [0.05, 0.1) is 11.3 Å². The van der Waals surface area contributed by atoms with Gasteiger partial charge < -0.3 is 5.32 Å². The summed E-state index contributed by atoms with van der Waals surface area (Å²) in [7, 11) is 0. The molecular formula is C24H29N5OS3. The van der Waals surface area contributed by atoms with Crippen LogP contribution in [0.4, 0.5) is 5.00 Å². The van der Waals surface area contributed by atoms with Crippen molar-refractivity contribution >= 4 is 45.3 Å². The van der Waals surface area contributed by atoms with Gasteiger partial charge >= 0.3 is 0 Å². The third-order valence-electron chi connectivity index (χ3n) is 6.08. The number of hydrogen-bond donors (Lipinski definition) is 1. The Hall–Kier alpha value is -2.15. The molecule has 0 bridgehead atoms. The maximum absolute atomic E-state index is 12.8. The molecule has 0 saturated heterocycles. The quantitative estimate of drug-likeness (QED) is 0.390. The zero-order valence-electron chi connectivity index (χ0n) is 19.5. The smallest absolute Gasteiger partial charge is 0.235 e. The number of amides is 1. The minimum absolute atomic E-state index is 0.117. The Balaban J connectivity index is 1.49. The van der Waals surface area contributed by atoms with Gasteiger partial charge in [-0.1, -0.05) is 24.6 Å². The lowest BCUT2D eigenvalue weighted by Gasteiger charge is -2.13. The highest BCUT2D eigenvalue weighted by atomic mass is 32.2. The highest BCUT2D eigenvalue weighted by Crippen LogP contribution is 2.37. The maximum Gasteiger partial charge on any atom is 0.235 e. The van der Waals surface area contributed by atoms with Crippen LogP contribution in [0.2, 0.25) is 0 Å². The standard InChI is InChI=1S/C24H29N5OS3/c1-14(2)29-22(19-12-31-16(4)15(19)3)27-28-24(29)32-13-21(30)26-23-18(11-25)17-9-7-5-6-8-10-20(17)33-23/h12,14H,5-10,13H2,1-4H3,(H,26,30). The summed E-state index contributed by atoms with van der Waals surface area (Å²) in [4.78, 5) is 15.4. The monoisotopic (exact) mass is 499 g/mol. The first-order chi connectivity index (χ1) is 15.9. The Morgan fingerprint density at radius 1 is 1.24 bits per heavy atom. The van der Waals surface area contributed by atoms with Crippen molar-refractivity contribution in [1.82, 2.24) is 14.8 Å². The second-order valence-corrected chi connectivity index (χ2v) is 11.8. The number of hydrogen-bond acceptors (Lipinski definition) is 7. The Bertz CT molecular complexity index is 1200. The Labute approximate surface area is 207 Å². The molecule has 0 aliphatic heterocycles. The summed E-state index contributed by atoms with van der Waals surface area (Å²) in [5.41, 5.74) is 4.13. The first-order valence-corrected chi connectivity index (χ1v) is 14.1. The lowest BCUT2D eigenvalue weighted by atomic mass is 9.97. The van der Waals surface area contributed by atoms with Crippen LogP contribution in [-0.4, -0.2) is 26.4 Å². The van der Waals surface area contributed by atoms with Crippen molar-refractivity contribution in [3.63, 3.8) is 0 Å². The van der Waals surface area contributed by atoms with E-state index in [1.807, 2.05) is 0 Å². The zero-order chi connectivity index (χ0) is 23.5. The number of fused-ring (bicyclic) bond motifs is 1. The molecule has 0 aromatic carbocycles. The van der Waals surface area contributed by atoms with E-state index in [0.29, 0.717) is 10.6 Å². The van der Waals surface area contributed by atoms with E-state index in [2.05, 4.69) is 59.2 Å². The van der Waals surface area contributed by atoms with Gasteiger partial charge in [0.15, 0.2) is 11.0 Å². The van der Waals surface area contributed by atoms with Crippen molar-refractivity contribution in [1.29, 1.82) is 5.26 Å². The van der Waals surface area contributed by atoms with Crippen molar-refractivity contribution in [3.8, 4) is 17.5 Å². The lowest BCUT2D eigenvalue weighted by Crippen LogP contribution is -2.15. The highest BCUT2D eigenvalue weighted by molar-refractivity contribution is 7.99. The summed E-state index contributed by atoms with van der Waals surface area (Å²) in [6.07, 6.45) is 6.64. The van der Waals surface area contributed by atoms with Crippen molar-refractivity contribution in [2.75, 3.05) is 11.1 Å². The Morgan fingerprint density at radius 3 is 2.67 bits per heavy atom. The van der Waals surface area contributed by atoms with Crippen LogP contribution in [0.25, 0.3) is 11.4 Å². The molecule has 1 N–H and O–H groups in total. The van der Waals surface area contributed by atoms with Gasteiger partial charge in [-0.05, 0) is 64.5 Å². The summed E-state index contributed by atoms with van der Waals surface area (Å²) in [6, 6.07) is 2.52. The predicted molar refractivity (Wildman–Crippen MR) is 137 cm³/mol. The van der Waals surface area contributed by atoms with E-state index >= 15 is 0 Å². The summed E-state index contributed by atoms with van der Waals surface area (Å²) in [5.74, 6) is 0.952. The van der Waals surface area contributed by atoms with Gasteiger partial charge in [0.2, 0.25) is 5.91 Å². The summed E-state index contributed by atoms with van der Waals surface area (Å²) in [6.45, 7) is 8.43. The van der Waals surface area contributed by atoms with Crippen molar-refractivity contribution in [2.24, 2.45) is 0 Å². The fraction of sp³-hybridized carbons (Fsp3) is 0.500. The molecule has 0 saturated carbocycles. The lowest BCUT2D eigenvalue weighted by molar-refractivity contribution is -0.113. The molecule has 0 spiro atoms. The molecule has 3 aromatic rings. The topological polar surface area (TPSA) is 83.6 Å². The second kappa shape index (κ2) is 10.4. The first kappa shape index (κ1) is 24.0. The average Bonchev–Trinajstić information content (AvgIpc) is 3.42. The number of nitrogens with zero attached hydrogens (tertiary/aromatic N) is 4. The SMILES string of the molecule is Cc1scc(-c2nnc(SCC(=O)Nc3sc4c(c3C#N)CCCCCC4)n2C(C)C)c1C. The second-order valence-electron chi connectivity index (χ2n) is 8.67. The molecule has 3 heterocycles. The number of thioether (sulfide) groups is 1. The van der Waals surface area contributed by atoms with Gasteiger partial charge in [-0.25, -0.2) is 0 Å². The van der Waals surface area contributed by atoms with E-state index in [1.54, 1.807) is 22.7 Å². The van der Waals surface area contributed by atoms with Crippen LogP contribution < -0.4 is 5.32 Å². The van der Waals surface area contributed by atoms with Gasteiger partial charge in [-0.2, -0.15) is 5.26 Å². The van der Waals surface area contributed by atoms with E-state index in [4.69, 9.17) is 0 Å². The number of aryl methyl sites for hydroxylation is 2. The molecule has 1 aliphatic rings. The highest BCUT2D eigenvalue weighted by Gasteiger charge is 2.23. The largest absolute Gasteiger partial charge is 0.316 e. The third kappa shape index (κ3) is 5.03. The van der Waals surface area contributed by atoms with Crippen molar-refractivity contribution in [2.45, 2.75) is 77.4 Å². The van der Waals surface area contributed by atoms with Crippen molar-refractivity contribution in [3.05, 3.63) is 31.8 Å². The van der Waals surface area contributed by atoms with Gasteiger partial charge in [-0.3, -0.25) is 9.36 Å². The number of carbonyl (C=O) groups is 1. The van der Waals surface area contributed by atoms with Crippen LogP contribution in [0, 0.1) is 25.2 Å². The molecule has 9 heteroatoms. The van der Waals surface area contributed by atoms with E-state index < -0.39 is 0 Å². The summed E-state index contributed by atoms with van der Waals surface area (Å²) in [5, 5.41) is 25.2. The summed E-state index contributed by atoms with van der Waals surface area (Å²) >= 11 is 4.68. The van der Waals surface area contributed by atoms with Gasteiger partial charge in [0, 0.05) is 26.7 Å². The molecule has 1 aliphatic carbocycles. The predicted octanol–water partition coefficient (Wildman–Crippen LogP) is 6.53. The number of rotatable bonds is 6. The molecule has 0 fully saturated rings. The molecule has 3 aromatic heterocycles. The molecule has 33 heavy (non-hydrogen) atoms. The fourth-order valence-corrected chi connectivity index (χ4v) is 7.16. The van der Waals surface area contributed by atoms with E-state index in [1.165, 1.54) is 39.9 Å². The van der Waals surface area contributed by atoms with E-state index in [-0.39, 0.29) is 17.7 Å². The van der Waals surface area contributed by atoms with Gasteiger partial charge in [-0.15, -0.1) is 32.9 Å².